The fourth-order valence-corrected chi connectivity index (χ4v) is 2.44. The van der Waals surface area contributed by atoms with E-state index in [0.29, 0.717) is 36.6 Å². The summed E-state index contributed by atoms with van der Waals surface area (Å²) in [5, 5.41) is 14.4. The molecule has 0 aromatic heterocycles. The van der Waals surface area contributed by atoms with E-state index >= 15 is 0 Å². The van der Waals surface area contributed by atoms with Crippen LogP contribution in [0.15, 0.2) is 48.5 Å². The highest BCUT2D eigenvalue weighted by atomic mass is 16.5. The average Bonchev–Trinajstić information content (AvgIpc) is 2.66. The van der Waals surface area contributed by atoms with Gasteiger partial charge in [0.1, 0.15) is 5.75 Å². The summed E-state index contributed by atoms with van der Waals surface area (Å²) >= 11 is 0. The van der Waals surface area contributed by atoms with Gasteiger partial charge < -0.3 is 20.5 Å². The lowest BCUT2D eigenvalue weighted by Gasteiger charge is -2.10. The highest BCUT2D eigenvalue weighted by Gasteiger charge is 2.11. The van der Waals surface area contributed by atoms with E-state index in [4.69, 9.17) is 9.84 Å². The molecule has 0 aliphatic heterocycles. The third-order valence-electron chi connectivity index (χ3n) is 3.69. The van der Waals surface area contributed by atoms with Gasteiger partial charge in [0, 0.05) is 18.7 Å². The lowest BCUT2D eigenvalue weighted by molar-refractivity contribution is -0.116. The molecule has 7 heteroatoms. The average molecular weight is 370 g/mol. The number of hydrogen-bond donors (Lipinski definition) is 3. The van der Waals surface area contributed by atoms with E-state index in [2.05, 4.69) is 10.6 Å². The van der Waals surface area contributed by atoms with Crippen LogP contribution in [0.1, 0.15) is 40.5 Å². The van der Waals surface area contributed by atoms with Gasteiger partial charge in [-0.05, 0) is 43.7 Å². The van der Waals surface area contributed by atoms with E-state index in [0.717, 1.165) is 0 Å². The number of aromatic carboxylic acids is 1. The van der Waals surface area contributed by atoms with Crippen molar-refractivity contribution in [2.24, 2.45) is 0 Å². The number of ether oxygens (including phenoxy) is 1. The first kappa shape index (κ1) is 20.0. The van der Waals surface area contributed by atoms with Gasteiger partial charge in [0.15, 0.2) is 0 Å². The Morgan fingerprint density at radius 2 is 1.85 bits per heavy atom. The summed E-state index contributed by atoms with van der Waals surface area (Å²) in [6, 6.07) is 13.0. The second-order valence-electron chi connectivity index (χ2n) is 5.72. The van der Waals surface area contributed by atoms with Crippen molar-refractivity contribution in [1.82, 2.24) is 5.32 Å². The van der Waals surface area contributed by atoms with Crippen molar-refractivity contribution in [2.75, 3.05) is 18.5 Å². The molecule has 2 rings (SSSR count). The summed E-state index contributed by atoms with van der Waals surface area (Å²) < 4.78 is 5.43. The van der Waals surface area contributed by atoms with Crippen LogP contribution in [0.2, 0.25) is 0 Å². The van der Waals surface area contributed by atoms with Crippen molar-refractivity contribution in [2.45, 2.75) is 19.8 Å². The zero-order chi connectivity index (χ0) is 19.6. The molecule has 2 aromatic carbocycles. The molecule has 3 N–H and O–H groups in total. The van der Waals surface area contributed by atoms with E-state index in [1.54, 1.807) is 36.4 Å². The standard InChI is InChI=1S/C20H22N2O5/c1-2-27-17-10-4-3-9-16(17)19(24)21-12-6-11-18(23)22-15-8-5-7-14(13-15)20(25)26/h3-5,7-10,13H,2,6,11-12H2,1H3,(H,21,24)(H,22,23)(H,25,26). The Hall–Kier alpha value is -3.35. The molecule has 0 unspecified atom stereocenters. The Morgan fingerprint density at radius 1 is 1.07 bits per heavy atom. The zero-order valence-electron chi connectivity index (χ0n) is 15.0. The Morgan fingerprint density at radius 3 is 2.59 bits per heavy atom. The second-order valence-corrected chi connectivity index (χ2v) is 5.72. The molecule has 2 amide bonds. The molecule has 0 bridgehead atoms. The summed E-state index contributed by atoms with van der Waals surface area (Å²) in [4.78, 5) is 35.1. The number of anilines is 1. The van der Waals surface area contributed by atoms with Gasteiger partial charge in [0.05, 0.1) is 17.7 Å². The molecule has 0 aliphatic rings. The SMILES string of the molecule is CCOc1ccccc1C(=O)NCCCC(=O)Nc1cccc(C(=O)O)c1. The predicted molar refractivity (Wildman–Crippen MR) is 101 cm³/mol. The van der Waals surface area contributed by atoms with Crippen LogP contribution in [0.4, 0.5) is 5.69 Å². The van der Waals surface area contributed by atoms with Crippen molar-refractivity contribution in [3.63, 3.8) is 0 Å². The highest BCUT2D eigenvalue weighted by Crippen LogP contribution is 2.17. The Kier molecular flexibility index (Phi) is 7.37. The topological polar surface area (TPSA) is 105 Å². The van der Waals surface area contributed by atoms with Crippen LogP contribution in [0.25, 0.3) is 0 Å². The van der Waals surface area contributed by atoms with Crippen LogP contribution in [0, 0.1) is 0 Å². The van der Waals surface area contributed by atoms with Crippen LogP contribution >= 0.6 is 0 Å². The third-order valence-corrected chi connectivity index (χ3v) is 3.69. The minimum Gasteiger partial charge on any atom is -0.493 e. The smallest absolute Gasteiger partial charge is 0.335 e. The lowest BCUT2D eigenvalue weighted by atomic mass is 10.2. The van der Waals surface area contributed by atoms with Crippen LogP contribution in [-0.2, 0) is 4.79 Å². The van der Waals surface area contributed by atoms with Gasteiger partial charge in [0.25, 0.3) is 5.91 Å². The van der Waals surface area contributed by atoms with Gasteiger partial charge in [-0.3, -0.25) is 9.59 Å². The minimum atomic E-state index is -1.05. The number of para-hydroxylation sites is 1. The number of carbonyl (C=O) groups excluding carboxylic acids is 2. The monoisotopic (exact) mass is 370 g/mol. The number of carboxylic acids is 1. The van der Waals surface area contributed by atoms with Crippen LogP contribution in [-0.4, -0.2) is 36.0 Å². The molecule has 0 saturated carbocycles. The van der Waals surface area contributed by atoms with E-state index in [-0.39, 0.29) is 23.8 Å². The van der Waals surface area contributed by atoms with Crippen LogP contribution < -0.4 is 15.4 Å². The number of amides is 2. The molecule has 7 nitrogen and oxygen atoms in total. The molecule has 0 aliphatic carbocycles. The number of rotatable bonds is 9. The van der Waals surface area contributed by atoms with Crippen LogP contribution in [0.3, 0.4) is 0 Å². The molecule has 2 aromatic rings. The van der Waals surface area contributed by atoms with Crippen molar-refractivity contribution >= 4 is 23.5 Å². The summed E-state index contributed by atoms with van der Waals surface area (Å²) in [7, 11) is 0. The van der Waals surface area contributed by atoms with Crippen LogP contribution in [0.5, 0.6) is 5.75 Å². The quantitative estimate of drug-likeness (QED) is 0.589. The Balaban J connectivity index is 1.78. The molecular weight excluding hydrogens is 348 g/mol. The molecule has 0 atom stereocenters. The number of carboxylic acid groups (broad SMARTS) is 1. The summed E-state index contributed by atoms with van der Waals surface area (Å²) in [5.74, 6) is -1.04. The highest BCUT2D eigenvalue weighted by molar-refractivity contribution is 5.97. The largest absolute Gasteiger partial charge is 0.493 e. The summed E-state index contributed by atoms with van der Waals surface area (Å²) in [6.07, 6.45) is 0.650. The number of hydrogen-bond acceptors (Lipinski definition) is 4. The Labute approximate surface area is 157 Å². The van der Waals surface area contributed by atoms with Crippen molar-refractivity contribution in [1.29, 1.82) is 0 Å². The van der Waals surface area contributed by atoms with E-state index in [9.17, 15) is 14.4 Å². The maximum atomic E-state index is 12.2. The number of nitrogens with one attached hydrogen (secondary N) is 2. The van der Waals surface area contributed by atoms with Gasteiger partial charge >= 0.3 is 5.97 Å². The summed E-state index contributed by atoms with van der Waals surface area (Å²) in [6.45, 7) is 2.65. The molecular formula is C20H22N2O5. The molecule has 142 valence electrons. The maximum Gasteiger partial charge on any atom is 0.335 e. The second kappa shape index (κ2) is 9.96. The fraction of sp³-hybridized carbons (Fsp3) is 0.250. The number of benzene rings is 2. The van der Waals surface area contributed by atoms with Gasteiger partial charge in [-0.15, -0.1) is 0 Å². The fourth-order valence-electron chi connectivity index (χ4n) is 2.44. The normalized spacial score (nSPS) is 10.1. The first-order valence-electron chi connectivity index (χ1n) is 8.64. The maximum absolute atomic E-state index is 12.2. The van der Waals surface area contributed by atoms with Gasteiger partial charge in [-0.2, -0.15) is 0 Å². The van der Waals surface area contributed by atoms with Crippen molar-refractivity contribution in [3.8, 4) is 5.75 Å². The molecule has 0 fully saturated rings. The first-order chi connectivity index (χ1) is 13.0. The molecule has 0 heterocycles. The van der Waals surface area contributed by atoms with Crippen molar-refractivity contribution < 1.29 is 24.2 Å². The molecule has 0 spiro atoms. The summed E-state index contributed by atoms with van der Waals surface area (Å²) in [5.41, 5.74) is 0.983. The van der Waals surface area contributed by atoms with E-state index in [1.165, 1.54) is 12.1 Å². The molecule has 27 heavy (non-hydrogen) atoms. The van der Waals surface area contributed by atoms with Gasteiger partial charge in [-0.1, -0.05) is 18.2 Å². The molecule has 0 saturated heterocycles. The first-order valence-corrected chi connectivity index (χ1v) is 8.64. The predicted octanol–water partition coefficient (Wildman–Crippen LogP) is 2.93. The van der Waals surface area contributed by atoms with Crippen molar-refractivity contribution in [3.05, 3.63) is 59.7 Å². The molecule has 0 radical (unpaired) electrons. The number of carbonyl (C=O) groups is 3. The minimum absolute atomic E-state index is 0.105. The van der Waals surface area contributed by atoms with Gasteiger partial charge in [-0.25, -0.2) is 4.79 Å². The zero-order valence-corrected chi connectivity index (χ0v) is 15.0. The van der Waals surface area contributed by atoms with E-state index in [1.807, 2.05) is 6.92 Å². The third kappa shape index (κ3) is 6.14. The lowest BCUT2D eigenvalue weighted by Crippen LogP contribution is -2.26. The Bertz CT molecular complexity index is 820. The van der Waals surface area contributed by atoms with E-state index < -0.39 is 5.97 Å². The van der Waals surface area contributed by atoms with Gasteiger partial charge in [0.2, 0.25) is 5.91 Å².